The van der Waals surface area contributed by atoms with E-state index in [9.17, 15) is 13.2 Å². The topological polar surface area (TPSA) is 104 Å². The number of esters is 1. The predicted molar refractivity (Wildman–Crippen MR) is 110 cm³/mol. The summed E-state index contributed by atoms with van der Waals surface area (Å²) in [5, 5.41) is 0.759. The van der Waals surface area contributed by atoms with E-state index in [-0.39, 0.29) is 11.4 Å². The lowest BCUT2D eigenvalue weighted by molar-refractivity contribution is -0.140. The number of hydrogen-bond donors (Lipinski definition) is 1. The lowest BCUT2D eigenvalue weighted by atomic mass is 10.1. The first kappa shape index (κ1) is 20.7. The summed E-state index contributed by atoms with van der Waals surface area (Å²) in [7, 11) is 0.597. The molecule has 29 heavy (non-hydrogen) atoms. The van der Waals surface area contributed by atoms with Crippen LogP contribution in [0.5, 0.6) is 5.75 Å². The van der Waals surface area contributed by atoms with Crippen LogP contribution in [0.1, 0.15) is 5.56 Å². The molecule has 0 saturated heterocycles. The van der Waals surface area contributed by atoms with Crippen LogP contribution in [0.15, 0.2) is 53.6 Å². The van der Waals surface area contributed by atoms with E-state index in [1.165, 1.54) is 26.4 Å². The maximum Gasteiger partial charge on any atom is 0.321 e. The Bertz CT molecular complexity index is 1140. The van der Waals surface area contributed by atoms with Crippen LogP contribution in [-0.4, -0.2) is 44.0 Å². The fourth-order valence-corrected chi connectivity index (χ4v) is 4.57. The molecule has 8 nitrogen and oxygen atoms in total. The number of rotatable bonds is 7. The molecule has 0 radical (unpaired) electrons. The average molecular weight is 417 g/mol. The molecule has 0 fully saturated rings. The molecular formula is C20H23N3O5S. The zero-order valence-electron chi connectivity index (χ0n) is 16.5. The lowest BCUT2D eigenvalue weighted by Crippen LogP contribution is -2.35. The number of aryl methyl sites for hydroxylation is 1. The van der Waals surface area contributed by atoms with Gasteiger partial charge in [0.2, 0.25) is 10.0 Å². The van der Waals surface area contributed by atoms with E-state index in [0.29, 0.717) is 17.0 Å². The molecule has 0 aliphatic rings. The van der Waals surface area contributed by atoms with Crippen LogP contribution in [-0.2, 0) is 33.1 Å². The van der Waals surface area contributed by atoms with Crippen molar-refractivity contribution in [2.75, 3.05) is 26.5 Å². The number of nitrogens with two attached hydrogens (primary N) is 1. The van der Waals surface area contributed by atoms with Gasteiger partial charge in [-0.2, -0.15) is 4.31 Å². The molecule has 0 bridgehead atoms. The van der Waals surface area contributed by atoms with Gasteiger partial charge < -0.3 is 19.8 Å². The Hall–Kier alpha value is -3.04. The number of benzene rings is 2. The first-order chi connectivity index (χ1) is 13.8. The summed E-state index contributed by atoms with van der Waals surface area (Å²) in [6.07, 6.45) is 1.81. The molecule has 0 saturated carbocycles. The van der Waals surface area contributed by atoms with Gasteiger partial charge in [0.15, 0.2) is 0 Å². The van der Waals surface area contributed by atoms with Gasteiger partial charge in [-0.15, -0.1) is 0 Å². The van der Waals surface area contributed by atoms with E-state index in [1.807, 2.05) is 29.9 Å². The molecule has 0 aliphatic carbocycles. The fourth-order valence-electron chi connectivity index (χ4n) is 3.21. The molecule has 0 unspecified atom stereocenters. The first-order valence-electron chi connectivity index (χ1n) is 8.81. The highest BCUT2D eigenvalue weighted by Crippen LogP contribution is 2.29. The fraction of sp³-hybridized carbons (Fsp3) is 0.250. The van der Waals surface area contributed by atoms with Crippen molar-refractivity contribution in [2.24, 2.45) is 7.05 Å². The quantitative estimate of drug-likeness (QED) is 0.467. The molecule has 3 aromatic rings. The average Bonchev–Trinajstić information content (AvgIpc) is 3.04. The van der Waals surface area contributed by atoms with E-state index in [1.54, 1.807) is 18.2 Å². The summed E-state index contributed by atoms with van der Waals surface area (Å²) < 4.78 is 39.3. The largest absolute Gasteiger partial charge is 0.497 e. The summed E-state index contributed by atoms with van der Waals surface area (Å²) in [5.74, 6) is -0.124. The van der Waals surface area contributed by atoms with Gasteiger partial charge in [-0.05, 0) is 42.0 Å². The standard InChI is InChI=1S/C20H23N3O5S/c1-22-11-14(20-17(21)5-4-6-18(20)22)12-23(13-19(24)28-3)29(25,26)16-9-7-15(27-2)8-10-16/h4-11H,12-13,21H2,1-3H3. The maximum absolute atomic E-state index is 13.3. The minimum absolute atomic E-state index is 0.0327. The van der Waals surface area contributed by atoms with E-state index >= 15 is 0 Å². The van der Waals surface area contributed by atoms with Gasteiger partial charge in [-0.3, -0.25) is 4.79 Å². The van der Waals surface area contributed by atoms with Crippen LogP contribution in [0.3, 0.4) is 0 Å². The Labute approximate surface area is 169 Å². The van der Waals surface area contributed by atoms with Crippen molar-refractivity contribution < 1.29 is 22.7 Å². The zero-order chi connectivity index (χ0) is 21.2. The second kappa shape index (κ2) is 8.14. The number of fused-ring (bicyclic) bond motifs is 1. The van der Waals surface area contributed by atoms with E-state index in [2.05, 4.69) is 0 Å². The number of ether oxygens (including phenoxy) is 2. The van der Waals surface area contributed by atoms with Gasteiger partial charge in [0.1, 0.15) is 12.3 Å². The third-order valence-electron chi connectivity index (χ3n) is 4.70. The molecule has 0 atom stereocenters. The van der Waals surface area contributed by atoms with Crippen molar-refractivity contribution in [3.8, 4) is 5.75 Å². The second-order valence-electron chi connectivity index (χ2n) is 6.53. The summed E-state index contributed by atoms with van der Waals surface area (Å²) in [4.78, 5) is 12.0. The van der Waals surface area contributed by atoms with Crippen molar-refractivity contribution in [1.29, 1.82) is 0 Å². The summed E-state index contributed by atoms with van der Waals surface area (Å²) in [6.45, 7) is -0.455. The highest BCUT2D eigenvalue weighted by Gasteiger charge is 2.28. The molecule has 2 aromatic carbocycles. The molecule has 1 aromatic heterocycles. The van der Waals surface area contributed by atoms with Crippen LogP contribution in [0.2, 0.25) is 0 Å². The monoisotopic (exact) mass is 417 g/mol. The van der Waals surface area contributed by atoms with E-state index in [4.69, 9.17) is 15.2 Å². The normalized spacial score (nSPS) is 11.7. The number of anilines is 1. The lowest BCUT2D eigenvalue weighted by Gasteiger charge is -2.21. The highest BCUT2D eigenvalue weighted by molar-refractivity contribution is 7.89. The summed E-state index contributed by atoms with van der Waals surface area (Å²) in [6, 6.07) is 11.5. The first-order valence-corrected chi connectivity index (χ1v) is 10.3. The number of hydrogen-bond acceptors (Lipinski definition) is 6. The SMILES string of the molecule is COC(=O)CN(Cc1cn(C)c2cccc(N)c12)S(=O)(=O)c1ccc(OC)cc1. The van der Waals surface area contributed by atoms with Gasteiger partial charge in [0.05, 0.1) is 24.6 Å². The molecule has 3 rings (SSSR count). The van der Waals surface area contributed by atoms with Gasteiger partial charge in [0, 0.05) is 30.9 Å². The number of methoxy groups -OCH3 is 2. The van der Waals surface area contributed by atoms with Crippen molar-refractivity contribution in [1.82, 2.24) is 8.87 Å². The highest BCUT2D eigenvalue weighted by atomic mass is 32.2. The maximum atomic E-state index is 13.3. The van der Waals surface area contributed by atoms with Crippen molar-refractivity contribution in [2.45, 2.75) is 11.4 Å². The van der Waals surface area contributed by atoms with Gasteiger partial charge >= 0.3 is 5.97 Å². The molecular weight excluding hydrogens is 394 g/mol. The van der Waals surface area contributed by atoms with Crippen LogP contribution in [0.25, 0.3) is 10.9 Å². The minimum atomic E-state index is -3.97. The number of nitrogens with zero attached hydrogens (tertiary/aromatic N) is 2. The van der Waals surface area contributed by atoms with E-state index < -0.39 is 22.5 Å². The Morgan fingerprint density at radius 1 is 1.14 bits per heavy atom. The Morgan fingerprint density at radius 2 is 1.83 bits per heavy atom. The molecule has 2 N–H and O–H groups in total. The third kappa shape index (κ3) is 4.06. The number of carbonyl (C=O) groups is 1. The molecule has 0 spiro atoms. The van der Waals surface area contributed by atoms with Crippen molar-refractivity contribution in [3.05, 3.63) is 54.2 Å². The number of aromatic nitrogens is 1. The summed E-state index contributed by atoms with van der Waals surface area (Å²) in [5.41, 5.74) is 8.25. The second-order valence-corrected chi connectivity index (χ2v) is 8.47. The number of nitrogen functional groups attached to an aromatic ring is 1. The molecule has 0 aliphatic heterocycles. The van der Waals surface area contributed by atoms with Crippen LogP contribution in [0, 0.1) is 0 Å². The molecule has 154 valence electrons. The Balaban J connectivity index is 2.05. The van der Waals surface area contributed by atoms with Gasteiger partial charge in [0.25, 0.3) is 0 Å². The smallest absolute Gasteiger partial charge is 0.321 e. The Kier molecular flexibility index (Phi) is 5.81. The van der Waals surface area contributed by atoms with Crippen LogP contribution < -0.4 is 10.5 Å². The van der Waals surface area contributed by atoms with Crippen LogP contribution >= 0.6 is 0 Å². The van der Waals surface area contributed by atoms with Crippen molar-refractivity contribution in [3.63, 3.8) is 0 Å². The number of sulfonamides is 1. The minimum Gasteiger partial charge on any atom is -0.497 e. The van der Waals surface area contributed by atoms with E-state index in [0.717, 1.165) is 15.2 Å². The number of carbonyl (C=O) groups excluding carboxylic acids is 1. The van der Waals surface area contributed by atoms with Gasteiger partial charge in [-0.25, -0.2) is 8.42 Å². The Morgan fingerprint density at radius 3 is 2.45 bits per heavy atom. The molecule has 1 heterocycles. The zero-order valence-corrected chi connectivity index (χ0v) is 17.3. The predicted octanol–water partition coefficient (Wildman–Crippen LogP) is 2.13. The van der Waals surface area contributed by atoms with Crippen LogP contribution in [0.4, 0.5) is 5.69 Å². The molecule has 9 heteroatoms. The molecule has 0 amide bonds. The van der Waals surface area contributed by atoms with Gasteiger partial charge in [-0.1, -0.05) is 6.07 Å². The third-order valence-corrected chi connectivity index (χ3v) is 6.51. The summed E-state index contributed by atoms with van der Waals surface area (Å²) >= 11 is 0. The van der Waals surface area contributed by atoms with Crippen molar-refractivity contribution >= 4 is 32.6 Å².